The fraction of sp³-hybridized carbons (Fsp3) is 0.778. The molecule has 138 heavy (non-hydrogen) atoms. The minimum absolute atomic E-state index is 0.00354. The SMILES string of the molecule is NC(=O)[C@@H](CCCN=C(N)N)NC(=O)CCCCCCCNC(=O)[C@@H](CCCN=C(N)N)NC(=O)CCCCCCCNC(=O)[C@@H](CCCN=C(N)N)NC(=O)CCCCCCCNC(=O)[C@@H](CCCN=C(N)N)NC(=O)CCCCCCCNC(=O)[C@@H](CCCN=C(N)N)NC(=O)CCCCCCCNC(=O)[C@@H](CCCN=C(N)N)NC(=O)CCCCCCCNC(=O)[C@H](N)CCCN=C(N)N. The summed E-state index contributed by atoms with van der Waals surface area (Å²) < 4.78 is 0. The van der Waals surface area contributed by atoms with E-state index >= 15 is 0 Å². The van der Waals surface area contributed by atoms with Gasteiger partial charge in [0.2, 0.25) is 76.8 Å². The molecule has 0 unspecified atom stereocenters. The Morgan fingerprint density at radius 1 is 0.174 bits per heavy atom. The zero-order chi connectivity index (χ0) is 103. The van der Waals surface area contributed by atoms with Crippen molar-refractivity contribution in [2.45, 2.75) is 363 Å². The molecule has 0 aliphatic carbocycles. The number of unbranched alkanes of at least 4 members (excludes halogenated alkanes) is 24. The van der Waals surface area contributed by atoms with Gasteiger partial charge in [-0.25, -0.2) is 0 Å². The summed E-state index contributed by atoms with van der Waals surface area (Å²) in [5.41, 5.74) is 87.9. The van der Waals surface area contributed by atoms with Crippen LogP contribution in [-0.4, -0.2) is 246 Å². The highest BCUT2D eigenvalue weighted by molar-refractivity contribution is 5.91. The summed E-state index contributed by atoms with van der Waals surface area (Å²) in [6.07, 6.45) is 28.8. The Bertz CT molecular complexity index is 3650. The molecule has 0 saturated carbocycles. The first-order chi connectivity index (χ1) is 66.1. The summed E-state index contributed by atoms with van der Waals surface area (Å²) in [5.74, 6) is -4.43. The Morgan fingerprint density at radius 2 is 0.319 bits per heavy atom. The van der Waals surface area contributed by atoms with Gasteiger partial charge in [-0.15, -0.1) is 0 Å². The van der Waals surface area contributed by atoms with E-state index in [2.05, 4.69) is 98.7 Å². The van der Waals surface area contributed by atoms with Gasteiger partial charge < -0.3 is 156 Å². The van der Waals surface area contributed by atoms with Crippen LogP contribution in [0.1, 0.15) is 321 Å². The Kier molecular flexibility index (Phi) is 76.9. The number of hydrogen-bond donors (Lipinski definition) is 28. The number of primary amides is 1. The average Bonchev–Trinajstić information content (AvgIpc) is 0.936. The zero-order valence-corrected chi connectivity index (χ0v) is 82.3. The monoisotopic (exact) mass is 1960 g/mol. The largest absolute Gasteiger partial charge is 0.370 e. The van der Waals surface area contributed by atoms with Crippen LogP contribution >= 0.6 is 0 Å². The van der Waals surface area contributed by atoms with E-state index in [4.69, 9.17) is 91.7 Å². The molecule has 0 bridgehead atoms. The number of carbonyl (C=O) groups is 13. The summed E-state index contributed by atoms with van der Waals surface area (Å²) in [5, 5.41) is 34.7. The first kappa shape index (κ1) is 126. The lowest BCUT2D eigenvalue weighted by molar-refractivity contribution is -0.129. The summed E-state index contributed by atoms with van der Waals surface area (Å²) in [7, 11) is 0. The van der Waals surface area contributed by atoms with Crippen molar-refractivity contribution >= 4 is 119 Å². The Morgan fingerprint density at radius 3 is 0.493 bits per heavy atom. The number of carbonyl (C=O) groups excluding carboxylic acids is 13. The van der Waals surface area contributed by atoms with E-state index in [9.17, 15) is 62.3 Å². The minimum atomic E-state index is -0.813. The van der Waals surface area contributed by atoms with Gasteiger partial charge in [-0.2, -0.15) is 0 Å². The van der Waals surface area contributed by atoms with Crippen molar-refractivity contribution in [1.82, 2.24) is 63.8 Å². The van der Waals surface area contributed by atoms with Crippen LogP contribution in [-0.2, 0) is 62.3 Å². The normalized spacial score (nSPS) is 12.4. The number of hydrogen-bond acceptors (Lipinski definition) is 21. The fourth-order valence-electron chi connectivity index (χ4n) is 14.6. The second-order valence-corrected chi connectivity index (χ2v) is 34.7. The maximum Gasteiger partial charge on any atom is 0.242 e. The fourth-order valence-corrected chi connectivity index (χ4v) is 14.6. The third kappa shape index (κ3) is 78.0. The predicted octanol–water partition coefficient (Wildman–Crippen LogP) is -2.18. The van der Waals surface area contributed by atoms with Crippen molar-refractivity contribution in [3.8, 4) is 0 Å². The Balaban J connectivity index is 4.97. The van der Waals surface area contributed by atoms with Gasteiger partial charge in [0.05, 0.1) is 6.04 Å². The van der Waals surface area contributed by atoms with E-state index in [0.717, 1.165) is 122 Å². The van der Waals surface area contributed by atoms with E-state index in [-0.39, 0.29) is 177 Å². The van der Waals surface area contributed by atoms with E-state index in [0.29, 0.717) is 219 Å². The molecule has 0 heterocycles. The molecule has 0 aromatic rings. The first-order valence-electron chi connectivity index (χ1n) is 49.9. The van der Waals surface area contributed by atoms with Crippen molar-refractivity contribution in [3.63, 3.8) is 0 Å². The smallest absolute Gasteiger partial charge is 0.242 e. The van der Waals surface area contributed by atoms with Crippen LogP contribution in [0, 0.1) is 0 Å². The number of guanidine groups is 7. The highest BCUT2D eigenvalue weighted by Crippen LogP contribution is 2.16. The zero-order valence-electron chi connectivity index (χ0n) is 82.3. The van der Waals surface area contributed by atoms with Crippen LogP contribution in [0.25, 0.3) is 0 Å². The third-order valence-electron chi connectivity index (χ3n) is 22.2. The molecule has 0 rings (SSSR count). The summed E-state index contributed by atoms with van der Waals surface area (Å²) >= 11 is 0. The first-order valence-corrected chi connectivity index (χ1v) is 49.9. The van der Waals surface area contributed by atoms with Crippen LogP contribution in [0.2, 0.25) is 0 Å². The van der Waals surface area contributed by atoms with Crippen LogP contribution in [0.4, 0.5) is 0 Å². The van der Waals surface area contributed by atoms with Gasteiger partial charge in [0.15, 0.2) is 41.7 Å². The second kappa shape index (κ2) is 84.3. The van der Waals surface area contributed by atoms with Crippen molar-refractivity contribution in [2.24, 2.45) is 127 Å². The maximum atomic E-state index is 13.5. The summed E-state index contributed by atoms with van der Waals surface area (Å²) in [4.78, 5) is 197. The van der Waals surface area contributed by atoms with Crippen molar-refractivity contribution in [3.05, 3.63) is 0 Å². The molecule has 0 aromatic heterocycles. The molecular formula is C90H177N35O13. The van der Waals surface area contributed by atoms with Gasteiger partial charge in [0.1, 0.15) is 36.3 Å². The standard InChI is InChI=1S/C90H177N35O13/c91-64(38-31-57-113-84(93)94)78(133)107-51-25-13-1-8-20-46-72(127)121-66(40-33-59-115-86(97)98)80(135)109-53-27-15-3-10-22-48-74(129)123-68(42-35-61-117-88(101)102)82(137)111-55-29-17-5-12-24-50-76(131)125-70(44-37-63-119-90(105)106)83(138)112-56-30-18-6-11-23-49-75(130)124-69(43-36-62-118-89(103)104)81(136)110-54-28-16-4-9-21-47-73(128)122-67(41-34-60-116-87(99)100)79(134)108-52-26-14-2-7-19-45-71(126)120-65(77(92)132)39-32-58-114-85(95)96/h64-70H,1-63,91H2,(H2,92,132)(H,107,133)(H,108,134)(H,109,135)(H,110,136)(H,111,137)(H,112,138)(H,120,126)(H,121,127)(H,122,128)(H,123,129)(H,124,130)(H,125,131)(H4,93,94,113)(H4,95,96,114)(H4,97,98,115)(H4,99,100,116)(H4,101,102,117)(H4,103,104,118)(H4,105,106,119)/t64-,65-,66-,67-,68-,69-,70-/m1/s1. The molecule has 48 nitrogen and oxygen atoms in total. The maximum absolute atomic E-state index is 13.5. The molecule has 0 fully saturated rings. The van der Waals surface area contributed by atoms with Crippen molar-refractivity contribution in [2.75, 3.05) is 85.1 Å². The molecule has 44 N–H and O–H groups in total. The lowest BCUT2D eigenvalue weighted by atomic mass is 10.1. The number of nitrogens with zero attached hydrogens (tertiary/aromatic N) is 7. The van der Waals surface area contributed by atoms with Crippen LogP contribution in [0.15, 0.2) is 34.9 Å². The number of nitrogens with one attached hydrogen (secondary N) is 12. The Labute approximate surface area is 816 Å². The average molecular weight is 1960 g/mol. The number of rotatable bonds is 89. The topological polar surface area (TPSA) is 869 Å². The minimum Gasteiger partial charge on any atom is -0.370 e. The molecule has 0 aromatic carbocycles. The molecule has 7 atom stereocenters. The van der Waals surface area contributed by atoms with Crippen molar-refractivity contribution < 1.29 is 62.3 Å². The van der Waals surface area contributed by atoms with Gasteiger partial charge in [0, 0.05) is 124 Å². The quantitative estimate of drug-likeness (QED) is 0.0175. The number of nitrogens with two attached hydrogens (primary N) is 16. The molecule has 0 spiro atoms. The molecule has 0 radical (unpaired) electrons. The van der Waals surface area contributed by atoms with Gasteiger partial charge in [-0.05, 0) is 167 Å². The van der Waals surface area contributed by atoms with Crippen LogP contribution in [0.5, 0.6) is 0 Å². The number of amides is 13. The lowest BCUT2D eigenvalue weighted by Gasteiger charge is -2.19. The molecule has 0 aliphatic rings. The predicted molar refractivity (Wildman–Crippen MR) is 542 cm³/mol. The molecule has 13 amide bonds. The molecule has 790 valence electrons. The lowest BCUT2D eigenvalue weighted by Crippen LogP contribution is -2.47. The highest BCUT2D eigenvalue weighted by atomic mass is 16.2. The van der Waals surface area contributed by atoms with Gasteiger partial charge in [-0.3, -0.25) is 97.3 Å². The summed E-state index contributed by atoms with van der Waals surface area (Å²) in [6.45, 7) is 4.53. The molecule has 0 saturated heterocycles. The van der Waals surface area contributed by atoms with Crippen LogP contribution < -0.4 is 156 Å². The third-order valence-corrected chi connectivity index (χ3v) is 22.2. The highest BCUT2D eigenvalue weighted by Gasteiger charge is 2.27. The van der Waals surface area contributed by atoms with Gasteiger partial charge in [0.25, 0.3) is 0 Å². The molecule has 0 aliphatic heterocycles. The Hall–Kier alpha value is -12.0. The van der Waals surface area contributed by atoms with Crippen LogP contribution in [0.3, 0.4) is 0 Å². The van der Waals surface area contributed by atoms with E-state index in [1.54, 1.807) is 0 Å². The van der Waals surface area contributed by atoms with E-state index in [1.807, 2.05) is 0 Å². The number of aliphatic imine (C=N–C) groups is 7. The van der Waals surface area contributed by atoms with Gasteiger partial charge >= 0.3 is 0 Å². The molecular weight excluding hydrogens is 1780 g/mol. The molecule has 48 heteroatoms. The summed E-state index contributed by atoms with van der Waals surface area (Å²) in [6, 6.07) is -5.42. The van der Waals surface area contributed by atoms with Crippen molar-refractivity contribution in [1.29, 1.82) is 0 Å². The van der Waals surface area contributed by atoms with E-state index in [1.165, 1.54) is 0 Å². The van der Waals surface area contributed by atoms with Gasteiger partial charge in [-0.1, -0.05) is 116 Å². The van der Waals surface area contributed by atoms with E-state index < -0.39 is 48.2 Å². The second-order valence-electron chi connectivity index (χ2n) is 34.7.